The van der Waals surface area contributed by atoms with Gasteiger partial charge in [-0.1, -0.05) is 5.92 Å². The highest BCUT2D eigenvalue weighted by Crippen LogP contribution is 2.28. The second-order valence-corrected chi connectivity index (χ2v) is 3.89. The van der Waals surface area contributed by atoms with Crippen LogP contribution < -0.4 is 4.90 Å². The van der Waals surface area contributed by atoms with Crippen LogP contribution in [-0.2, 0) is 7.05 Å². The van der Waals surface area contributed by atoms with Crippen LogP contribution in [0, 0.1) is 12.3 Å². The third-order valence-corrected chi connectivity index (χ3v) is 2.67. The maximum atomic E-state index is 11.2. The Hall–Kier alpha value is -2.55. The van der Waals surface area contributed by atoms with Gasteiger partial charge in [0, 0.05) is 20.3 Å². The van der Waals surface area contributed by atoms with Gasteiger partial charge in [0.1, 0.15) is 5.56 Å². The molecule has 0 bridgehead atoms. The highest BCUT2D eigenvalue weighted by Gasteiger charge is 2.19. The molecule has 0 aliphatic rings. The van der Waals surface area contributed by atoms with Crippen LogP contribution >= 0.6 is 0 Å². The van der Waals surface area contributed by atoms with Gasteiger partial charge < -0.3 is 10.0 Å². The number of hydrogen-bond acceptors (Lipinski definition) is 4. The summed E-state index contributed by atoms with van der Waals surface area (Å²) in [5, 5.41) is 14.0. The van der Waals surface area contributed by atoms with Gasteiger partial charge in [-0.05, 0) is 0 Å². The summed E-state index contributed by atoms with van der Waals surface area (Å²) in [6.07, 6.45) is 8.19. The van der Waals surface area contributed by atoms with E-state index < -0.39 is 5.97 Å². The number of pyridine rings is 1. The summed E-state index contributed by atoms with van der Waals surface area (Å²) in [4.78, 5) is 17.0. The molecule has 0 aliphatic heterocycles. The van der Waals surface area contributed by atoms with Crippen LogP contribution in [0.2, 0.25) is 0 Å². The van der Waals surface area contributed by atoms with Crippen molar-refractivity contribution in [3.8, 4) is 12.3 Å². The average Bonchev–Trinajstić information content (AvgIpc) is 2.70. The normalized spacial score (nSPS) is 10.3. The first-order chi connectivity index (χ1) is 8.56. The number of carboxylic acids is 1. The van der Waals surface area contributed by atoms with Crippen molar-refractivity contribution in [2.24, 2.45) is 7.05 Å². The van der Waals surface area contributed by atoms with E-state index in [2.05, 4.69) is 16.0 Å². The Morgan fingerprint density at radius 3 is 2.94 bits per heavy atom. The Bertz CT molecular complexity index is 654. The van der Waals surface area contributed by atoms with E-state index in [1.165, 1.54) is 6.20 Å². The zero-order valence-corrected chi connectivity index (χ0v) is 10.1. The highest BCUT2D eigenvalue weighted by atomic mass is 16.4. The van der Waals surface area contributed by atoms with Gasteiger partial charge in [-0.3, -0.25) is 4.68 Å². The molecule has 6 nitrogen and oxygen atoms in total. The van der Waals surface area contributed by atoms with Crippen LogP contribution in [0.1, 0.15) is 10.4 Å². The van der Waals surface area contributed by atoms with E-state index >= 15 is 0 Å². The second-order valence-electron chi connectivity index (χ2n) is 3.89. The summed E-state index contributed by atoms with van der Waals surface area (Å²) in [7, 11) is 3.49. The molecule has 0 atom stereocenters. The summed E-state index contributed by atoms with van der Waals surface area (Å²) in [6, 6.07) is 0. The van der Waals surface area contributed by atoms with Crippen molar-refractivity contribution < 1.29 is 9.90 Å². The molecule has 2 rings (SSSR count). The fraction of sp³-hybridized carbons (Fsp3) is 0.250. The molecule has 2 aromatic heterocycles. The van der Waals surface area contributed by atoms with Gasteiger partial charge in [-0.15, -0.1) is 6.42 Å². The molecule has 92 valence electrons. The fourth-order valence-electron chi connectivity index (χ4n) is 1.87. The average molecular weight is 244 g/mol. The number of terminal acetylenes is 1. The first-order valence-electron chi connectivity index (χ1n) is 5.25. The molecule has 0 amide bonds. The first-order valence-corrected chi connectivity index (χ1v) is 5.25. The minimum atomic E-state index is -1.04. The van der Waals surface area contributed by atoms with Crippen molar-refractivity contribution in [2.45, 2.75) is 0 Å². The van der Waals surface area contributed by atoms with Crippen molar-refractivity contribution in [3.05, 3.63) is 18.0 Å². The van der Waals surface area contributed by atoms with Gasteiger partial charge in [-0.25, -0.2) is 9.78 Å². The molecule has 0 aromatic carbocycles. The molecule has 0 saturated carbocycles. The van der Waals surface area contributed by atoms with E-state index in [9.17, 15) is 9.90 Å². The van der Waals surface area contributed by atoms with Crippen molar-refractivity contribution in [3.63, 3.8) is 0 Å². The molecule has 6 heteroatoms. The van der Waals surface area contributed by atoms with Crippen molar-refractivity contribution >= 4 is 22.7 Å². The second kappa shape index (κ2) is 4.37. The maximum Gasteiger partial charge on any atom is 0.339 e. The van der Waals surface area contributed by atoms with Gasteiger partial charge in [0.2, 0.25) is 0 Å². The number of aryl methyl sites for hydroxylation is 1. The quantitative estimate of drug-likeness (QED) is 0.806. The van der Waals surface area contributed by atoms with Crippen molar-refractivity contribution in [1.29, 1.82) is 0 Å². The summed E-state index contributed by atoms with van der Waals surface area (Å²) in [6.45, 7) is 0.314. The standard InChI is InChI=1S/C12H12N4O2/c1-4-5-15(2)10-8-7-14-16(3)11(8)13-6-9(10)12(17)18/h1,6-7H,5H2,2-3H3,(H,17,18). The molecular weight excluding hydrogens is 232 g/mol. The van der Waals surface area contributed by atoms with Crippen LogP contribution in [0.3, 0.4) is 0 Å². The first kappa shape index (κ1) is 11.9. The molecule has 0 spiro atoms. The number of carboxylic acid groups (broad SMARTS) is 1. The molecule has 0 unspecified atom stereocenters. The maximum absolute atomic E-state index is 11.2. The lowest BCUT2D eigenvalue weighted by Crippen LogP contribution is -2.20. The Labute approximate surface area is 104 Å². The molecule has 1 N–H and O–H groups in total. The Morgan fingerprint density at radius 1 is 1.61 bits per heavy atom. The highest BCUT2D eigenvalue weighted by molar-refractivity contribution is 6.03. The SMILES string of the molecule is C#CCN(C)c1c(C(=O)O)cnc2c1cnn2C. The largest absolute Gasteiger partial charge is 0.478 e. The molecule has 2 heterocycles. The van der Waals surface area contributed by atoms with Gasteiger partial charge in [0.25, 0.3) is 0 Å². The number of anilines is 1. The molecule has 0 saturated heterocycles. The molecular formula is C12H12N4O2. The van der Waals surface area contributed by atoms with Gasteiger partial charge in [-0.2, -0.15) is 5.10 Å². The lowest BCUT2D eigenvalue weighted by Gasteiger charge is -2.19. The topological polar surface area (TPSA) is 71.2 Å². The van der Waals surface area contributed by atoms with Crippen LogP contribution in [0.25, 0.3) is 11.0 Å². The third kappa shape index (κ3) is 1.76. The minimum Gasteiger partial charge on any atom is -0.478 e. The lowest BCUT2D eigenvalue weighted by molar-refractivity contribution is 0.0697. The Morgan fingerprint density at radius 2 is 2.33 bits per heavy atom. The smallest absolute Gasteiger partial charge is 0.339 e. The summed E-state index contributed by atoms with van der Waals surface area (Å²) >= 11 is 0. The predicted molar refractivity (Wildman–Crippen MR) is 67.6 cm³/mol. The van der Waals surface area contributed by atoms with Gasteiger partial charge >= 0.3 is 5.97 Å². The van der Waals surface area contributed by atoms with E-state index in [0.717, 1.165) is 0 Å². The predicted octanol–water partition coefficient (Wildman–Crippen LogP) is 0.736. The van der Waals surface area contributed by atoms with Crippen molar-refractivity contribution in [1.82, 2.24) is 14.8 Å². The van der Waals surface area contributed by atoms with Crippen LogP contribution in [0.15, 0.2) is 12.4 Å². The van der Waals surface area contributed by atoms with Crippen LogP contribution in [0.5, 0.6) is 0 Å². The zero-order chi connectivity index (χ0) is 13.3. The van der Waals surface area contributed by atoms with E-state index in [0.29, 0.717) is 23.3 Å². The molecule has 0 radical (unpaired) electrons. The van der Waals surface area contributed by atoms with E-state index in [-0.39, 0.29) is 5.56 Å². The number of aromatic nitrogens is 3. The number of carbonyl (C=O) groups is 1. The summed E-state index contributed by atoms with van der Waals surface area (Å²) < 4.78 is 1.59. The van der Waals surface area contributed by atoms with Crippen LogP contribution in [0.4, 0.5) is 5.69 Å². The number of nitrogens with zero attached hydrogens (tertiary/aromatic N) is 4. The Balaban J connectivity index is 2.75. The molecule has 18 heavy (non-hydrogen) atoms. The van der Waals surface area contributed by atoms with E-state index in [1.807, 2.05) is 0 Å². The number of hydrogen-bond donors (Lipinski definition) is 1. The Kier molecular flexibility index (Phi) is 2.90. The number of rotatable bonds is 3. The lowest BCUT2D eigenvalue weighted by atomic mass is 10.1. The number of fused-ring (bicyclic) bond motifs is 1. The molecule has 2 aromatic rings. The third-order valence-electron chi connectivity index (χ3n) is 2.67. The molecule has 0 aliphatic carbocycles. The van der Waals surface area contributed by atoms with Gasteiger partial charge in [0.15, 0.2) is 5.65 Å². The monoisotopic (exact) mass is 244 g/mol. The minimum absolute atomic E-state index is 0.119. The van der Waals surface area contributed by atoms with Crippen LogP contribution in [-0.4, -0.2) is 39.4 Å². The van der Waals surface area contributed by atoms with E-state index in [4.69, 9.17) is 6.42 Å². The summed E-state index contributed by atoms with van der Waals surface area (Å²) in [5.74, 6) is 1.45. The summed E-state index contributed by atoms with van der Waals surface area (Å²) in [5.41, 5.74) is 1.28. The molecule has 0 fully saturated rings. The zero-order valence-electron chi connectivity index (χ0n) is 10.1. The fourth-order valence-corrected chi connectivity index (χ4v) is 1.87. The van der Waals surface area contributed by atoms with E-state index in [1.54, 1.807) is 29.9 Å². The van der Waals surface area contributed by atoms with Gasteiger partial charge in [0.05, 0.1) is 23.8 Å². The number of aromatic carboxylic acids is 1. The van der Waals surface area contributed by atoms with Crippen molar-refractivity contribution in [2.75, 3.05) is 18.5 Å².